The topological polar surface area (TPSA) is 20.2 Å². The van der Waals surface area contributed by atoms with E-state index >= 15 is 0 Å². The molecule has 6 saturated carbocycles. The van der Waals surface area contributed by atoms with Crippen molar-refractivity contribution in [2.24, 2.45) is 53.3 Å². The molecular weight excluding hydrogens is 1230 g/mol. The SMILES string of the molecule is CC1CCC(C2CCC(C)CC2)CC1.CC1CCC(c2ccc(O)c(F)c2F)CC1.Cc1ccc(-c2ccc(C)c(F)c2F)cc1.Cc1ccc(-c2ccc(C3CCC(C)CC3)cc2)c(F)c1F.Cc1ccc(C2CCC(C3CCC(C)CC3)CC2)c(F)c1F.[Y]. The van der Waals surface area contributed by atoms with Gasteiger partial charge in [0.1, 0.15) is 0 Å². The van der Waals surface area contributed by atoms with E-state index in [0.717, 1.165) is 97.0 Å². The second-order valence-electron chi connectivity index (χ2n) is 29.1. The Morgan fingerprint density at radius 1 is 0.275 bits per heavy atom. The number of phenols is 1. The fraction of sp³-hybridized carbons (Fsp3) is 0.556. The molecule has 0 unspecified atom stereocenters. The van der Waals surface area contributed by atoms with E-state index in [0.29, 0.717) is 56.3 Å². The monoisotopic (exact) mass is 1330 g/mol. The van der Waals surface area contributed by atoms with Gasteiger partial charge in [-0.15, -0.1) is 0 Å². The number of phenolic OH excluding ortho intramolecular Hbond substituents is 1. The first-order valence-corrected chi connectivity index (χ1v) is 34.7. The number of rotatable bonds is 7. The van der Waals surface area contributed by atoms with E-state index in [4.69, 9.17) is 5.11 Å². The Kier molecular flexibility index (Phi) is 28.8. The van der Waals surface area contributed by atoms with Crippen LogP contribution in [0.4, 0.5) is 35.1 Å². The van der Waals surface area contributed by atoms with Crippen molar-refractivity contribution in [1.82, 2.24) is 0 Å². The van der Waals surface area contributed by atoms with Gasteiger partial charge in [-0.25, -0.2) is 30.7 Å². The van der Waals surface area contributed by atoms with Crippen molar-refractivity contribution in [2.75, 3.05) is 0 Å². The maximum Gasteiger partial charge on any atom is 0.200 e. The molecule has 10 heteroatoms. The zero-order valence-corrected chi connectivity index (χ0v) is 59.0. The van der Waals surface area contributed by atoms with Crippen LogP contribution in [0, 0.1) is 127 Å². The summed E-state index contributed by atoms with van der Waals surface area (Å²) in [5, 5.41) is 9.05. The van der Waals surface area contributed by atoms with E-state index in [9.17, 15) is 35.1 Å². The second-order valence-corrected chi connectivity index (χ2v) is 29.1. The van der Waals surface area contributed by atoms with Crippen molar-refractivity contribution in [2.45, 2.75) is 234 Å². The molecule has 493 valence electrons. The van der Waals surface area contributed by atoms with Crippen LogP contribution in [-0.4, -0.2) is 5.11 Å². The van der Waals surface area contributed by atoms with Crippen LogP contribution in [-0.2, 0) is 32.7 Å². The number of halogens is 8. The van der Waals surface area contributed by atoms with Gasteiger partial charge in [0, 0.05) is 43.8 Å². The maximum atomic E-state index is 14.2. The molecule has 0 amide bonds. The molecule has 1 nitrogen and oxygen atoms in total. The molecule has 0 aliphatic heterocycles. The zero-order valence-electron chi connectivity index (χ0n) is 56.2. The summed E-state index contributed by atoms with van der Waals surface area (Å²) < 4.78 is 110. The standard InChI is InChI=1S/C20H28F2.C20H22F2.C14H12F2.C14H26.C13H16F2O.Y/c2*1-13-3-6-15(7-4-13)16-8-10-17(11-9-16)18-12-5-14(2)19(21)20(18)22;1-9-3-6-11(7-4-9)12-8-5-10(2)13(15)14(12)16;1-11-3-7-13(8-4-11)14-9-5-12(2)6-10-14;1-8-2-4-9(5-3-8)10-6-7-11(16)13(15)12(10)14;/h5,12-13,15-17H,3-4,6-11H2,1-2H3;5,8-13,15H,3-4,6-7H2,1-2H3;3-8H,1-2H3;11-14H,3-10H2,1-2H3;6-9,16H,2-5H2,1H3;. The van der Waals surface area contributed by atoms with Gasteiger partial charge < -0.3 is 5.11 Å². The van der Waals surface area contributed by atoms with Crippen LogP contribution < -0.4 is 0 Å². The molecule has 91 heavy (non-hydrogen) atoms. The number of aryl methyl sites for hydroxylation is 4. The Labute approximate surface area is 567 Å². The molecule has 0 atom stereocenters. The molecule has 6 aliphatic rings. The maximum absolute atomic E-state index is 14.2. The molecule has 6 aromatic carbocycles. The second kappa shape index (κ2) is 35.4. The van der Waals surface area contributed by atoms with Crippen molar-refractivity contribution in [3.05, 3.63) is 183 Å². The molecule has 1 N–H and O–H groups in total. The average Bonchev–Trinajstić information content (AvgIpc) is 1.05. The van der Waals surface area contributed by atoms with Crippen LogP contribution in [0.25, 0.3) is 22.3 Å². The molecule has 0 aromatic heterocycles. The molecule has 12 rings (SSSR count). The van der Waals surface area contributed by atoms with E-state index in [1.165, 1.54) is 108 Å². The van der Waals surface area contributed by atoms with Crippen LogP contribution in [0.1, 0.15) is 245 Å². The minimum Gasteiger partial charge on any atom is -0.505 e. The van der Waals surface area contributed by atoms with Crippen molar-refractivity contribution in [3.8, 4) is 28.0 Å². The van der Waals surface area contributed by atoms with Gasteiger partial charge in [0.05, 0.1) is 0 Å². The Morgan fingerprint density at radius 2 is 0.549 bits per heavy atom. The molecule has 0 heterocycles. The largest absolute Gasteiger partial charge is 0.505 e. The fourth-order valence-electron chi connectivity index (χ4n) is 15.6. The summed E-state index contributed by atoms with van der Waals surface area (Å²) in [7, 11) is 0. The van der Waals surface area contributed by atoms with Gasteiger partial charge in [0.25, 0.3) is 0 Å². The van der Waals surface area contributed by atoms with Gasteiger partial charge in [-0.1, -0.05) is 195 Å². The first kappa shape index (κ1) is 74.1. The Bertz CT molecular complexity index is 3160. The first-order valence-electron chi connectivity index (χ1n) is 34.7. The quantitative estimate of drug-likeness (QED) is 0.158. The number of aromatic hydroxyl groups is 1. The van der Waals surface area contributed by atoms with Gasteiger partial charge >= 0.3 is 0 Å². The van der Waals surface area contributed by atoms with Gasteiger partial charge in [0.15, 0.2) is 46.5 Å². The van der Waals surface area contributed by atoms with Crippen molar-refractivity contribution in [3.63, 3.8) is 0 Å². The van der Waals surface area contributed by atoms with Crippen LogP contribution in [0.5, 0.6) is 5.75 Å². The Hall–Kier alpha value is -4.34. The van der Waals surface area contributed by atoms with Crippen molar-refractivity contribution < 1.29 is 72.9 Å². The van der Waals surface area contributed by atoms with Crippen LogP contribution in [0.15, 0.2) is 97.1 Å². The molecule has 1 radical (unpaired) electrons. The van der Waals surface area contributed by atoms with Gasteiger partial charge in [-0.05, 0) is 239 Å². The normalized spacial score (nSPS) is 26.5. The summed E-state index contributed by atoms with van der Waals surface area (Å²) in [4.78, 5) is 0. The van der Waals surface area contributed by atoms with Crippen LogP contribution >= 0.6 is 0 Å². The smallest absolute Gasteiger partial charge is 0.200 e. The molecule has 6 aromatic rings. The summed E-state index contributed by atoms with van der Waals surface area (Å²) in [5.41, 5.74) is 6.61. The van der Waals surface area contributed by atoms with E-state index in [1.54, 1.807) is 95.0 Å². The molecule has 6 fully saturated rings. The third kappa shape index (κ3) is 20.3. The molecule has 0 bridgehead atoms. The van der Waals surface area contributed by atoms with Crippen molar-refractivity contribution in [1.29, 1.82) is 0 Å². The van der Waals surface area contributed by atoms with E-state index in [-0.39, 0.29) is 44.5 Å². The first-order chi connectivity index (χ1) is 43.1. The Balaban J connectivity index is 0.000000163. The minimum absolute atomic E-state index is 0. The summed E-state index contributed by atoms with van der Waals surface area (Å²) in [5.74, 6) is 2.43. The third-order valence-corrected chi connectivity index (χ3v) is 22.2. The summed E-state index contributed by atoms with van der Waals surface area (Å²) in [6.07, 6.45) is 31.1. The van der Waals surface area contributed by atoms with Gasteiger partial charge in [0.2, 0.25) is 5.82 Å². The summed E-state index contributed by atoms with van der Waals surface area (Å²) in [6.45, 7) is 18.4. The van der Waals surface area contributed by atoms with E-state index < -0.39 is 52.3 Å². The van der Waals surface area contributed by atoms with E-state index in [1.807, 2.05) is 31.2 Å². The minimum atomic E-state index is -1.11. The molecule has 0 spiro atoms. The number of hydrogen-bond acceptors (Lipinski definition) is 1. The van der Waals surface area contributed by atoms with Crippen LogP contribution in [0.3, 0.4) is 0 Å². The van der Waals surface area contributed by atoms with Gasteiger partial charge in [-0.2, -0.15) is 4.39 Å². The molecule has 6 aliphatic carbocycles. The predicted octanol–water partition coefficient (Wildman–Crippen LogP) is 25.5. The predicted molar refractivity (Wildman–Crippen MR) is 356 cm³/mol. The molecule has 0 saturated heterocycles. The zero-order chi connectivity index (χ0) is 64.8. The summed E-state index contributed by atoms with van der Waals surface area (Å²) >= 11 is 0. The average molecular weight is 1330 g/mol. The van der Waals surface area contributed by atoms with Crippen molar-refractivity contribution >= 4 is 0 Å². The molecular formula is C81H104F8OY. The number of benzene rings is 6. The summed E-state index contributed by atoms with van der Waals surface area (Å²) in [6, 6.07) is 28.1. The number of hydrogen-bond donors (Lipinski definition) is 1. The fourth-order valence-corrected chi connectivity index (χ4v) is 15.6. The van der Waals surface area contributed by atoms with E-state index in [2.05, 4.69) is 46.8 Å². The van der Waals surface area contributed by atoms with Gasteiger partial charge in [-0.3, -0.25) is 0 Å². The third-order valence-electron chi connectivity index (χ3n) is 22.2. The van der Waals surface area contributed by atoms with Crippen LogP contribution in [0.2, 0.25) is 0 Å². The Morgan fingerprint density at radius 3 is 0.923 bits per heavy atom.